The SMILES string of the molecule is C=CC[C@@H](NC(C)=O)c1cc(F)ccc1OC. The van der Waals surface area contributed by atoms with Gasteiger partial charge in [0.25, 0.3) is 0 Å². The number of hydrogen-bond donors (Lipinski definition) is 1. The Balaban J connectivity index is 3.10. The van der Waals surface area contributed by atoms with Gasteiger partial charge in [-0.05, 0) is 24.6 Å². The van der Waals surface area contributed by atoms with Crippen LogP contribution in [0.5, 0.6) is 5.75 Å². The van der Waals surface area contributed by atoms with E-state index in [1.807, 2.05) is 0 Å². The Kier molecular flexibility index (Phi) is 4.69. The van der Waals surface area contributed by atoms with Crippen LogP contribution in [-0.2, 0) is 4.79 Å². The van der Waals surface area contributed by atoms with E-state index < -0.39 is 0 Å². The maximum absolute atomic E-state index is 13.2. The largest absolute Gasteiger partial charge is 0.496 e. The van der Waals surface area contributed by atoms with Gasteiger partial charge in [0.2, 0.25) is 5.91 Å². The minimum Gasteiger partial charge on any atom is -0.496 e. The minimum atomic E-state index is -0.361. The number of nitrogens with one attached hydrogen (secondary N) is 1. The van der Waals surface area contributed by atoms with E-state index in [0.717, 1.165) is 0 Å². The Hall–Kier alpha value is -1.84. The summed E-state index contributed by atoms with van der Waals surface area (Å²) in [4.78, 5) is 11.1. The molecule has 0 bridgehead atoms. The molecule has 0 spiro atoms. The van der Waals surface area contributed by atoms with Crippen molar-refractivity contribution in [2.45, 2.75) is 19.4 Å². The summed E-state index contributed by atoms with van der Waals surface area (Å²) in [5.41, 5.74) is 0.614. The third kappa shape index (κ3) is 3.59. The number of methoxy groups -OCH3 is 1. The fourth-order valence-electron chi connectivity index (χ4n) is 1.65. The Morgan fingerprint density at radius 2 is 2.35 bits per heavy atom. The van der Waals surface area contributed by atoms with Crippen LogP contribution in [0.2, 0.25) is 0 Å². The average molecular weight is 237 g/mol. The predicted octanol–water partition coefficient (Wildman–Crippen LogP) is 2.59. The summed E-state index contributed by atoms with van der Waals surface area (Å²) in [7, 11) is 1.51. The molecule has 1 amide bonds. The molecule has 0 saturated carbocycles. The van der Waals surface area contributed by atoms with Gasteiger partial charge in [0.1, 0.15) is 11.6 Å². The molecule has 17 heavy (non-hydrogen) atoms. The van der Waals surface area contributed by atoms with Gasteiger partial charge in [-0.1, -0.05) is 6.08 Å². The van der Waals surface area contributed by atoms with E-state index in [2.05, 4.69) is 11.9 Å². The van der Waals surface area contributed by atoms with Gasteiger partial charge in [-0.3, -0.25) is 4.79 Å². The van der Waals surface area contributed by atoms with E-state index in [9.17, 15) is 9.18 Å². The Labute approximate surface area is 100 Å². The third-order valence-electron chi connectivity index (χ3n) is 2.35. The zero-order chi connectivity index (χ0) is 12.8. The van der Waals surface area contributed by atoms with Crippen molar-refractivity contribution in [3.63, 3.8) is 0 Å². The smallest absolute Gasteiger partial charge is 0.217 e. The van der Waals surface area contributed by atoms with Crippen molar-refractivity contribution in [2.75, 3.05) is 7.11 Å². The summed E-state index contributed by atoms with van der Waals surface area (Å²) in [6.07, 6.45) is 2.18. The molecule has 0 aromatic heterocycles. The van der Waals surface area contributed by atoms with Crippen LogP contribution in [0.4, 0.5) is 4.39 Å². The summed E-state index contributed by atoms with van der Waals surface area (Å²) in [6.45, 7) is 5.04. The van der Waals surface area contributed by atoms with Crippen molar-refractivity contribution in [1.82, 2.24) is 5.32 Å². The average Bonchev–Trinajstić information content (AvgIpc) is 2.28. The van der Waals surface area contributed by atoms with Crippen LogP contribution in [-0.4, -0.2) is 13.0 Å². The molecular weight excluding hydrogens is 221 g/mol. The van der Waals surface area contributed by atoms with Gasteiger partial charge in [-0.15, -0.1) is 6.58 Å². The highest BCUT2D eigenvalue weighted by atomic mass is 19.1. The van der Waals surface area contributed by atoms with Gasteiger partial charge < -0.3 is 10.1 Å². The van der Waals surface area contributed by atoms with Crippen LogP contribution < -0.4 is 10.1 Å². The van der Waals surface area contributed by atoms with Crippen LogP contribution in [0, 0.1) is 5.82 Å². The number of carbonyl (C=O) groups is 1. The minimum absolute atomic E-state index is 0.178. The van der Waals surface area contributed by atoms with Gasteiger partial charge >= 0.3 is 0 Å². The van der Waals surface area contributed by atoms with Gasteiger partial charge in [0, 0.05) is 12.5 Å². The van der Waals surface area contributed by atoms with Crippen LogP contribution in [0.25, 0.3) is 0 Å². The lowest BCUT2D eigenvalue weighted by atomic mass is 10.0. The number of halogens is 1. The second kappa shape index (κ2) is 6.03. The summed E-state index contributed by atoms with van der Waals surface area (Å²) < 4.78 is 18.4. The highest BCUT2D eigenvalue weighted by molar-refractivity contribution is 5.73. The first kappa shape index (κ1) is 13.2. The van der Waals surface area contributed by atoms with Crippen LogP contribution in [0.1, 0.15) is 24.9 Å². The quantitative estimate of drug-likeness (QED) is 0.799. The van der Waals surface area contributed by atoms with Gasteiger partial charge in [-0.25, -0.2) is 4.39 Å². The topological polar surface area (TPSA) is 38.3 Å². The number of ether oxygens (including phenoxy) is 1. The number of benzene rings is 1. The number of hydrogen-bond acceptors (Lipinski definition) is 2. The fraction of sp³-hybridized carbons (Fsp3) is 0.308. The first-order valence-corrected chi connectivity index (χ1v) is 5.30. The molecule has 0 aliphatic heterocycles. The van der Waals surface area contributed by atoms with E-state index in [1.54, 1.807) is 12.1 Å². The van der Waals surface area contributed by atoms with Crippen molar-refractivity contribution in [1.29, 1.82) is 0 Å². The third-order valence-corrected chi connectivity index (χ3v) is 2.35. The lowest BCUT2D eigenvalue weighted by Gasteiger charge is -2.19. The molecule has 0 saturated heterocycles. The van der Waals surface area contributed by atoms with Crippen LogP contribution >= 0.6 is 0 Å². The molecule has 92 valence electrons. The molecule has 1 aromatic carbocycles. The molecular formula is C13H16FNO2. The Morgan fingerprint density at radius 1 is 1.65 bits per heavy atom. The van der Waals surface area contributed by atoms with Gasteiger partial charge in [-0.2, -0.15) is 0 Å². The standard InChI is InChI=1S/C13H16FNO2/c1-4-5-12(15-9(2)16)11-8-10(14)6-7-13(11)17-3/h4,6-8,12H,1,5H2,2-3H3,(H,15,16)/t12-/m1/s1. The lowest BCUT2D eigenvalue weighted by molar-refractivity contribution is -0.119. The summed E-state index contributed by atoms with van der Waals surface area (Å²) in [5, 5.41) is 2.74. The second-order valence-electron chi connectivity index (χ2n) is 3.66. The Bertz CT molecular complexity index is 418. The molecule has 3 nitrogen and oxygen atoms in total. The molecule has 0 fully saturated rings. The molecule has 0 aliphatic rings. The van der Waals surface area contributed by atoms with Crippen LogP contribution in [0.15, 0.2) is 30.9 Å². The first-order chi connectivity index (χ1) is 8.08. The monoisotopic (exact) mass is 237 g/mol. The van der Waals surface area contributed by atoms with E-state index in [-0.39, 0.29) is 17.8 Å². The van der Waals surface area contributed by atoms with E-state index in [1.165, 1.54) is 26.2 Å². The molecule has 0 unspecified atom stereocenters. The highest BCUT2D eigenvalue weighted by Crippen LogP contribution is 2.28. The zero-order valence-corrected chi connectivity index (χ0v) is 10.00. The van der Waals surface area contributed by atoms with Crippen molar-refractivity contribution in [3.05, 3.63) is 42.2 Å². The predicted molar refractivity (Wildman–Crippen MR) is 64.3 cm³/mol. The molecule has 1 aromatic rings. The molecule has 4 heteroatoms. The lowest BCUT2D eigenvalue weighted by Crippen LogP contribution is -2.26. The summed E-state index contributed by atoms with van der Waals surface area (Å²) in [5.74, 6) is 0.00961. The van der Waals surface area contributed by atoms with Crippen molar-refractivity contribution < 1.29 is 13.9 Å². The molecule has 0 aliphatic carbocycles. The highest BCUT2D eigenvalue weighted by Gasteiger charge is 2.16. The molecule has 1 atom stereocenters. The molecule has 1 rings (SSSR count). The second-order valence-corrected chi connectivity index (χ2v) is 3.66. The molecule has 0 radical (unpaired) electrons. The van der Waals surface area contributed by atoms with Crippen molar-refractivity contribution >= 4 is 5.91 Å². The molecule has 0 heterocycles. The van der Waals surface area contributed by atoms with Gasteiger partial charge in [0.05, 0.1) is 13.2 Å². The number of amides is 1. The Morgan fingerprint density at radius 3 is 2.88 bits per heavy atom. The zero-order valence-electron chi connectivity index (χ0n) is 10.00. The van der Waals surface area contributed by atoms with E-state index in [0.29, 0.717) is 17.7 Å². The maximum Gasteiger partial charge on any atom is 0.217 e. The van der Waals surface area contributed by atoms with E-state index >= 15 is 0 Å². The normalized spacial score (nSPS) is 11.7. The van der Waals surface area contributed by atoms with Crippen molar-refractivity contribution in [2.24, 2.45) is 0 Å². The maximum atomic E-state index is 13.2. The summed E-state index contributed by atoms with van der Waals surface area (Å²) in [6, 6.07) is 3.91. The fourth-order valence-corrected chi connectivity index (χ4v) is 1.65. The number of rotatable bonds is 5. The molecule has 1 N–H and O–H groups in total. The first-order valence-electron chi connectivity index (χ1n) is 5.30. The number of carbonyl (C=O) groups excluding carboxylic acids is 1. The van der Waals surface area contributed by atoms with E-state index in [4.69, 9.17) is 4.74 Å². The van der Waals surface area contributed by atoms with Crippen molar-refractivity contribution in [3.8, 4) is 5.75 Å². The summed E-state index contributed by atoms with van der Waals surface area (Å²) >= 11 is 0. The van der Waals surface area contributed by atoms with Crippen LogP contribution in [0.3, 0.4) is 0 Å². The van der Waals surface area contributed by atoms with Gasteiger partial charge in [0.15, 0.2) is 0 Å².